The number of pyridine rings is 1. The molecule has 2 heterocycles. The summed E-state index contributed by atoms with van der Waals surface area (Å²) in [6.45, 7) is 0.622. The van der Waals surface area contributed by atoms with Gasteiger partial charge >= 0.3 is 0 Å². The molecule has 0 aliphatic rings. The Hall–Kier alpha value is -2.84. The number of nitrogens with one attached hydrogen (secondary N) is 1. The summed E-state index contributed by atoms with van der Waals surface area (Å²) >= 11 is 0. The molecule has 0 aliphatic heterocycles. The maximum Gasteiger partial charge on any atom is 0.295 e. The average Bonchev–Trinajstić information content (AvgIpc) is 2.99. The van der Waals surface area contributed by atoms with Crippen LogP contribution in [0.15, 0.2) is 30.5 Å². The molecule has 2 aromatic heterocycles. The van der Waals surface area contributed by atoms with Crippen molar-refractivity contribution in [2.75, 3.05) is 21.1 Å². The van der Waals surface area contributed by atoms with Crippen molar-refractivity contribution in [3.8, 4) is 0 Å². The minimum absolute atomic E-state index is 0.0459. The van der Waals surface area contributed by atoms with Crippen LogP contribution >= 0.6 is 0 Å². The van der Waals surface area contributed by atoms with E-state index in [0.29, 0.717) is 22.8 Å². The monoisotopic (exact) mass is 374 g/mol. The standard InChI is InChI=1S/C19H20F2N4O2/c1-24(2)10-12-9-22-18-14(12)8-17(19(26)25(3)27)23-16(18)6-11-4-5-13(20)7-15(11)21/h4-5,7-9,22,27H,6,10H2,1-3H3. The first-order valence-electron chi connectivity index (χ1n) is 8.31. The highest BCUT2D eigenvalue weighted by atomic mass is 19.1. The minimum Gasteiger partial charge on any atom is -0.359 e. The van der Waals surface area contributed by atoms with Crippen LogP contribution < -0.4 is 0 Å². The van der Waals surface area contributed by atoms with E-state index in [1.54, 1.807) is 6.07 Å². The number of carbonyl (C=O) groups is 1. The molecule has 27 heavy (non-hydrogen) atoms. The highest BCUT2D eigenvalue weighted by Gasteiger charge is 2.19. The van der Waals surface area contributed by atoms with Crippen LogP contribution in [0.3, 0.4) is 0 Å². The van der Waals surface area contributed by atoms with Crippen LogP contribution in [0.5, 0.6) is 0 Å². The number of hydrogen-bond donors (Lipinski definition) is 2. The van der Waals surface area contributed by atoms with Gasteiger partial charge in [-0.2, -0.15) is 0 Å². The predicted octanol–water partition coefficient (Wildman–Crippen LogP) is 2.95. The van der Waals surface area contributed by atoms with Gasteiger partial charge in [-0.25, -0.2) is 18.8 Å². The Morgan fingerprint density at radius 2 is 1.93 bits per heavy atom. The molecule has 0 unspecified atom stereocenters. The number of halogens is 2. The maximum atomic E-state index is 14.1. The van der Waals surface area contributed by atoms with Crippen molar-refractivity contribution in [1.82, 2.24) is 19.9 Å². The van der Waals surface area contributed by atoms with Crippen molar-refractivity contribution in [1.29, 1.82) is 0 Å². The second kappa shape index (κ2) is 7.42. The van der Waals surface area contributed by atoms with E-state index in [1.165, 1.54) is 19.2 Å². The molecule has 0 spiro atoms. The average molecular weight is 374 g/mol. The van der Waals surface area contributed by atoms with Crippen LogP contribution in [0, 0.1) is 11.6 Å². The van der Waals surface area contributed by atoms with E-state index >= 15 is 0 Å². The van der Waals surface area contributed by atoms with E-state index in [4.69, 9.17) is 0 Å². The molecule has 6 nitrogen and oxygen atoms in total. The second-order valence-electron chi connectivity index (χ2n) is 6.67. The molecule has 0 fully saturated rings. The number of H-pyrrole nitrogens is 1. The molecule has 0 atom stereocenters. The molecule has 8 heteroatoms. The molecule has 3 aromatic rings. The lowest BCUT2D eigenvalue weighted by Gasteiger charge is -2.12. The zero-order valence-electron chi connectivity index (χ0n) is 15.3. The number of aromatic nitrogens is 2. The number of rotatable bonds is 5. The van der Waals surface area contributed by atoms with Crippen LogP contribution in [0.25, 0.3) is 10.9 Å². The molecule has 0 saturated carbocycles. The highest BCUT2D eigenvalue weighted by molar-refractivity contribution is 5.97. The lowest BCUT2D eigenvalue weighted by atomic mass is 10.0. The molecule has 0 bridgehead atoms. The summed E-state index contributed by atoms with van der Waals surface area (Å²) in [5.41, 5.74) is 2.36. The van der Waals surface area contributed by atoms with Crippen molar-refractivity contribution in [3.63, 3.8) is 0 Å². The third-order valence-corrected chi connectivity index (χ3v) is 4.20. The fourth-order valence-electron chi connectivity index (χ4n) is 2.97. The van der Waals surface area contributed by atoms with Gasteiger partial charge < -0.3 is 9.88 Å². The number of hydroxylamine groups is 2. The zero-order valence-corrected chi connectivity index (χ0v) is 15.3. The smallest absolute Gasteiger partial charge is 0.295 e. The van der Waals surface area contributed by atoms with E-state index in [9.17, 15) is 18.8 Å². The molecular weight excluding hydrogens is 354 g/mol. The van der Waals surface area contributed by atoms with Crippen LogP contribution in [-0.2, 0) is 13.0 Å². The van der Waals surface area contributed by atoms with Crippen LogP contribution in [-0.4, -0.2) is 52.2 Å². The van der Waals surface area contributed by atoms with Gasteiger partial charge in [-0.1, -0.05) is 6.07 Å². The van der Waals surface area contributed by atoms with E-state index in [1.807, 2.05) is 25.2 Å². The number of fused-ring (bicyclic) bond motifs is 1. The summed E-state index contributed by atoms with van der Waals surface area (Å²) in [7, 11) is 5.05. The SMILES string of the molecule is CN(C)Cc1c[nH]c2c(Cc3ccc(F)cc3F)nc(C(=O)N(C)O)cc12. The molecular formula is C19H20F2N4O2. The Morgan fingerprint density at radius 1 is 1.19 bits per heavy atom. The van der Waals surface area contributed by atoms with Crippen molar-refractivity contribution in [2.45, 2.75) is 13.0 Å². The van der Waals surface area contributed by atoms with E-state index in [-0.39, 0.29) is 17.7 Å². The molecule has 0 saturated heterocycles. The topological polar surface area (TPSA) is 72.5 Å². The number of hydrogen-bond acceptors (Lipinski definition) is 4. The van der Waals surface area contributed by atoms with Crippen LogP contribution in [0.1, 0.15) is 27.3 Å². The van der Waals surface area contributed by atoms with Crippen LogP contribution in [0.2, 0.25) is 0 Å². The number of nitrogens with zero attached hydrogens (tertiary/aromatic N) is 3. The first kappa shape index (κ1) is 18.9. The molecule has 2 N–H and O–H groups in total. The van der Waals surface area contributed by atoms with Crippen molar-refractivity contribution in [2.24, 2.45) is 0 Å². The van der Waals surface area contributed by atoms with Gasteiger partial charge in [0.15, 0.2) is 0 Å². The zero-order chi connectivity index (χ0) is 19.7. The summed E-state index contributed by atoms with van der Waals surface area (Å²) in [6.07, 6.45) is 1.88. The Bertz CT molecular complexity index is 999. The summed E-state index contributed by atoms with van der Waals surface area (Å²) in [6, 6.07) is 4.95. The Labute approximate surface area is 155 Å². The van der Waals surface area contributed by atoms with Crippen molar-refractivity contribution in [3.05, 3.63) is 64.6 Å². The van der Waals surface area contributed by atoms with Gasteiger partial charge in [-0.05, 0) is 37.4 Å². The van der Waals surface area contributed by atoms with Crippen LogP contribution in [0.4, 0.5) is 8.78 Å². The lowest BCUT2D eigenvalue weighted by molar-refractivity contribution is -0.0379. The predicted molar refractivity (Wildman–Crippen MR) is 96.5 cm³/mol. The lowest BCUT2D eigenvalue weighted by Crippen LogP contribution is -2.24. The normalized spacial score (nSPS) is 11.4. The largest absolute Gasteiger partial charge is 0.359 e. The molecule has 0 aliphatic carbocycles. The fourth-order valence-corrected chi connectivity index (χ4v) is 2.97. The fraction of sp³-hybridized carbons (Fsp3) is 0.263. The maximum absolute atomic E-state index is 14.1. The molecule has 3 rings (SSSR count). The van der Waals surface area contributed by atoms with Gasteiger partial charge in [-0.15, -0.1) is 0 Å². The Balaban J connectivity index is 2.14. The first-order chi connectivity index (χ1) is 12.8. The van der Waals surface area contributed by atoms with Gasteiger partial charge in [-0.3, -0.25) is 10.0 Å². The molecule has 142 valence electrons. The number of aromatic amines is 1. The second-order valence-corrected chi connectivity index (χ2v) is 6.67. The third-order valence-electron chi connectivity index (χ3n) is 4.20. The highest BCUT2D eigenvalue weighted by Crippen LogP contribution is 2.26. The summed E-state index contributed by atoms with van der Waals surface area (Å²) < 4.78 is 27.3. The van der Waals surface area contributed by atoms with Crippen molar-refractivity contribution >= 4 is 16.8 Å². The Morgan fingerprint density at radius 3 is 2.56 bits per heavy atom. The van der Waals surface area contributed by atoms with Gasteiger partial charge in [0.2, 0.25) is 0 Å². The van der Waals surface area contributed by atoms with Gasteiger partial charge in [0.05, 0.1) is 11.2 Å². The third kappa shape index (κ3) is 3.96. The summed E-state index contributed by atoms with van der Waals surface area (Å²) in [5, 5.41) is 10.7. The minimum atomic E-state index is -0.680. The van der Waals surface area contributed by atoms with E-state index < -0.39 is 17.5 Å². The molecule has 0 radical (unpaired) electrons. The molecule has 1 aromatic carbocycles. The molecule has 1 amide bonds. The number of benzene rings is 1. The van der Waals surface area contributed by atoms with Gasteiger partial charge in [0.1, 0.15) is 17.3 Å². The van der Waals surface area contributed by atoms with E-state index in [2.05, 4.69) is 9.97 Å². The number of carbonyl (C=O) groups excluding carboxylic acids is 1. The quantitative estimate of drug-likeness (QED) is 0.532. The van der Waals surface area contributed by atoms with Gasteiger partial charge in [0.25, 0.3) is 5.91 Å². The van der Waals surface area contributed by atoms with E-state index in [0.717, 1.165) is 17.0 Å². The summed E-state index contributed by atoms with van der Waals surface area (Å²) in [4.78, 5) is 21.7. The summed E-state index contributed by atoms with van der Waals surface area (Å²) in [5.74, 6) is -2.01. The first-order valence-corrected chi connectivity index (χ1v) is 8.31. The Kier molecular flexibility index (Phi) is 5.20. The van der Waals surface area contributed by atoms with Crippen molar-refractivity contribution < 1.29 is 18.8 Å². The van der Waals surface area contributed by atoms with Gasteiger partial charge in [0, 0.05) is 37.7 Å². The number of amides is 1.